The molecule has 1 aliphatic rings. The Kier molecular flexibility index (Phi) is 7.29. The zero-order chi connectivity index (χ0) is 18.4. The zero-order valence-corrected chi connectivity index (χ0v) is 16.9. The van der Waals surface area contributed by atoms with Gasteiger partial charge in [-0.2, -0.15) is 5.10 Å². The molecule has 142 valence electrons. The highest BCUT2D eigenvalue weighted by atomic mass is 15.3. The number of piperidine rings is 1. The fourth-order valence-electron chi connectivity index (χ4n) is 3.71. The molecule has 0 saturated carbocycles. The van der Waals surface area contributed by atoms with Gasteiger partial charge in [0.2, 0.25) is 0 Å². The van der Waals surface area contributed by atoms with Crippen LogP contribution in [0.2, 0.25) is 0 Å². The number of aromatic nitrogens is 2. The molecule has 0 atom stereocenters. The number of aryl methyl sites for hydroxylation is 2. The molecule has 2 heterocycles. The minimum absolute atomic E-state index is 0.506. The lowest BCUT2D eigenvalue weighted by molar-refractivity contribution is 0.167. The predicted molar refractivity (Wildman–Crippen MR) is 105 cm³/mol. The third kappa shape index (κ3) is 4.97. The summed E-state index contributed by atoms with van der Waals surface area (Å²) < 4.78 is 2.02. The van der Waals surface area contributed by atoms with Gasteiger partial charge in [0.05, 0.1) is 5.69 Å². The van der Waals surface area contributed by atoms with E-state index in [0.717, 1.165) is 38.4 Å². The average Bonchev–Trinajstić information content (AvgIpc) is 2.93. The van der Waals surface area contributed by atoms with Crippen molar-refractivity contribution >= 4 is 5.96 Å². The maximum absolute atomic E-state index is 4.66. The lowest BCUT2D eigenvalue weighted by Crippen LogP contribution is -2.49. The summed E-state index contributed by atoms with van der Waals surface area (Å²) in [6, 6.07) is 1.15. The van der Waals surface area contributed by atoms with Crippen LogP contribution in [-0.2, 0) is 26.4 Å². The van der Waals surface area contributed by atoms with E-state index in [1.165, 1.54) is 29.8 Å². The van der Waals surface area contributed by atoms with Gasteiger partial charge >= 0.3 is 0 Å². The van der Waals surface area contributed by atoms with E-state index in [1.807, 2.05) is 18.8 Å². The lowest BCUT2D eigenvalue weighted by atomic mass is 10.0. The number of likely N-dealkylation sites (tertiary alicyclic amines) is 1. The Morgan fingerprint density at radius 2 is 1.92 bits per heavy atom. The van der Waals surface area contributed by atoms with Crippen LogP contribution in [0.3, 0.4) is 0 Å². The summed E-state index contributed by atoms with van der Waals surface area (Å²) in [5.74, 6) is 0.899. The number of rotatable bonds is 6. The summed E-state index contributed by atoms with van der Waals surface area (Å²) in [7, 11) is 3.89. The van der Waals surface area contributed by atoms with Gasteiger partial charge in [-0.05, 0) is 39.5 Å². The second-order valence-electron chi connectivity index (χ2n) is 7.18. The van der Waals surface area contributed by atoms with Crippen LogP contribution in [0.25, 0.3) is 0 Å². The van der Waals surface area contributed by atoms with Gasteiger partial charge in [0.15, 0.2) is 5.96 Å². The van der Waals surface area contributed by atoms with Crippen molar-refractivity contribution in [3.8, 4) is 0 Å². The molecule has 2 rings (SSSR count). The molecule has 0 spiro atoms. The van der Waals surface area contributed by atoms with Crippen LogP contribution >= 0.6 is 0 Å². The van der Waals surface area contributed by atoms with Gasteiger partial charge in [0.1, 0.15) is 0 Å². The summed E-state index contributed by atoms with van der Waals surface area (Å²) >= 11 is 0. The normalized spacial score (nSPS) is 17.3. The van der Waals surface area contributed by atoms with E-state index in [4.69, 9.17) is 0 Å². The highest BCUT2D eigenvalue weighted by Crippen LogP contribution is 2.16. The van der Waals surface area contributed by atoms with Gasteiger partial charge in [0, 0.05) is 57.1 Å². The quantitative estimate of drug-likeness (QED) is 0.610. The molecule has 1 aromatic rings. The molecule has 0 amide bonds. The van der Waals surface area contributed by atoms with E-state index in [9.17, 15) is 0 Å². The van der Waals surface area contributed by atoms with Crippen LogP contribution in [0.1, 0.15) is 57.5 Å². The number of guanidine groups is 1. The van der Waals surface area contributed by atoms with E-state index >= 15 is 0 Å². The topological polar surface area (TPSA) is 57.5 Å². The van der Waals surface area contributed by atoms with Crippen LogP contribution < -0.4 is 10.6 Å². The van der Waals surface area contributed by atoms with Gasteiger partial charge < -0.3 is 15.5 Å². The van der Waals surface area contributed by atoms with E-state index in [-0.39, 0.29) is 0 Å². The standard InChI is InChI=1S/C19H36N6/c1-7-17-16(18(8-2)24(6)23-17)13-21-19(20-5)22-15-9-11-25(12-10-15)14(3)4/h14-15H,7-13H2,1-6H3,(H2,20,21,22). The second kappa shape index (κ2) is 9.22. The molecule has 6 nitrogen and oxygen atoms in total. The first kappa shape index (κ1) is 19.8. The Hall–Kier alpha value is -1.56. The minimum Gasteiger partial charge on any atom is -0.354 e. The zero-order valence-electron chi connectivity index (χ0n) is 16.9. The Labute approximate surface area is 153 Å². The van der Waals surface area contributed by atoms with Crippen molar-refractivity contribution in [2.24, 2.45) is 12.0 Å². The smallest absolute Gasteiger partial charge is 0.191 e. The molecular formula is C19H36N6. The molecule has 1 fully saturated rings. The van der Waals surface area contributed by atoms with Crippen LogP contribution in [0.15, 0.2) is 4.99 Å². The summed E-state index contributed by atoms with van der Waals surface area (Å²) in [4.78, 5) is 6.97. The molecule has 0 aromatic carbocycles. The molecular weight excluding hydrogens is 312 g/mol. The summed E-state index contributed by atoms with van der Waals surface area (Å²) in [6.45, 7) is 12.0. The van der Waals surface area contributed by atoms with Gasteiger partial charge in [-0.15, -0.1) is 0 Å². The van der Waals surface area contributed by atoms with Gasteiger partial charge in [-0.1, -0.05) is 13.8 Å². The van der Waals surface area contributed by atoms with Crippen molar-refractivity contribution in [3.05, 3.63) is 17.0 Å². The minimum atomic E-state index is 0.506. The third-order valence-electron chi connectivity index (χ3n) is 5.28. The fraction of sp³-hybridized carbons (Fsp3) is 0.789. The van der Waals surface area contributed by atoms with Gasteiger partial charge in [0.25, 0.3) is 0 Å². The van der Waals surface area contributed by atoms with Crippen LogP contribution in [0, 0.1) is 0 Å². The Morgan fingerprint density at radius 1 is 1.24 bits per heavy atom. The Bertz CT molecular complexity index is 567. The third-order valence-corrected chi connectivity index (χ3v) is 5.28. The van der Waals surface area contributed by atoms with Crippen molar-refractivity contribution in [1.29, 1.82) is 0 Å². The maximum atomic E-state index is 4.66. The lowest BCUT2D eigenvalue weighted by Gasteiger charge is -2.35. The average molecular weight is 349 g/mol. The van der Waals surface area contributed by atoms with Gasteiger partial charge in [-0.25, -0.2) is 0 Å². The van der Waals surface area contributed by atoms with E-state index in [1.54, 1.807) is 0 Å². The molecule has 2 N–H and O–H groups in total. The number of hydrogen-bond acceptors (Lipinski definition) is 3. The molecule has 1 saturated heterocycles. The van der Waals surface area contributed by atoms with Gasteiger partial charge in [-0.3, -0.25) is 9.67 Å². The van der Waals surface area contributed by atoms with Crippen molar-refractivity contribution in [2.75, 3.05) is 20.1 Å². The molecule has 0 aliphatic carbocycles. The monoisotopic (exact) mass is 348 g/mol. The van der Waals surface area contributed by atoms with E-state index in [0.29, 0.717) is 12.1 Å². The Balaban J connectivity index is 1.91. The van der Waals surface area contributed by atoms with Crippen LogP contribution in [0.5, 0.6) is 0 Å². The van der Waals surface area contributed by atoms with Crippen LogP contribution in [-0.4, -0.2) is 52.9 Å². The summed E-state index contributed by atoms with van der Waals surface area (Å²) in [5.41, 5.74) is 3.82. The van der Waals surface area contributed by atoms with Crippen molar-refractivity contribution in [1.82, 2.24) is 25.3 Å². The number of aliphatic imine (C=N–C) groups is 1. The molecule has 25 heavy (non-hydrogen) atoms. The maximum Gasteiger partial charge on any atom is 0.191 e. The first-order valence-electron chi connectivity index (χ1n) is 9.74. The molecule has 6 heteroatoms. The summed E-state index contributed by atoms with van der Waals surface area (Å²) in [6.07, 6.45) is 4.31. The second-order valence-corrected chi connectivity index (χ2v) is 7.18. The van der Waals surface area contributed by atoms with Crippen molar-refractivity contribution in [2.45, 2.75) is 72.0 Å². The predicted octanol–water partition coefficient (Wildman–Crippen LogP) is 2.08. The largest absolute Gasteiger partial charge is 0.354 e. The summed E-state index contributed by atoms with van der Waals surface area (Å²) in [5, 5.41) is 11.8. The molecule has 1 aliphatic heterocycles. The number of nitrogens with one attached hydrogen (secondary N) is 2. The fourth-order valence-corrected chi connectivity index (χ4v) is 3.71. The van der Waals surface area contributed by atoms with Crippen molar-refractivity contribution in [3.63, 3.8) is 0 Å². The molecule has 1 aromatic heterocycles. The first-order valence-corrected chi connectivity index (χ1v) is 9.74. The highest BCUT2D eigenvalue weighted by Gasteiger charge is 2.21. The van der Waals surface area contributed by atoms with E-state index in [2.05, 4.69) is 53.3 Å². The Morgan fingerprint density at radius 3 is 2.44 bits per heavy atom. The molecule has 0 unspecified atom stereocenters. The van der Waals surface area contributed by atoms with Crippen LogP contribution in [0.4, 0.5) is 0 Å². The SMILES string of the molecule is CCc1nn(C)c(CC)c1CNC(=NC)NC1CCN(C(C)C)CC1. The number of nitrogens with zero attached hydrogens (tertiary/aromatic N) is 4. The highest BCUT2D eigenvalue weighted by molar-refractivity contribution is 5.80. The van der Waals surface area contributed by atoms with Crippen molar-refractivity contribution < 1.29 is 0 Å². The molecule has 0 radical (unpaired) electrons. The number of hydrogen-bond donors (Lipinski definition) is 2. The first-order chi connectivity index (χ1) is 12.0. The van der Waals surface area contributed by atoms with E-state index < -0.39 is 0 Å². The molecule has 0 bridgehead atoms.